The highest BCUT2D eigenvalue weighted by atomic mass is 19.4. The lowest BCUT2D eigenvalue weighted by Gasteiger charge is -2.48. The molecule has 0 aromatic heterocycles. The molecule has 1 aliphatic heterocycles. The Bertz CT molecular complexity index is 765. The number of ether oxygens (including phenoxy) is 1. The number of hydrogen-bond acceptors (Lipinski definition) is 5. The molecule has 0 radical (unpaired) electrons. The molecule has 1 aromatic carbocycles. The third-order valence-electron chi connectivity index (χ3n) is 6.83. The number of amides is 2. The monoisotopic (exact) mass is 499 g/mol. The van der Waals surface area contributed by atoms with Crippen molar-refractivity contribution in [1.82, 2.24) is 15.5 Å². The van der Waals surface area contributed by atoms with Gasteiger partial charge in [0.05, 0.1) is 6.17 Å². The zero-order chi connectivity index (χ0) is 25.3. The molecule has 7 nitrogen and oxygen atoms in total. The van der Waals surface area contributed by atoms with Crippen LogP contribution >= 0.6 is 0 Å². The van der Waals surface area contributed by atoms with Gasteiger partial charge in [0.1, 0.15) is 12.0 Å². The Morgan fingerprint density at radius 3 is 2.09 bits per heavy atom. The molecule has 2 aliphatic rings. The summed E-state index contributed by atoms with van der Waals surface area (Å²) in [5, 5.41) is 9.14. The second-order valence-corrected chi connectivity index (χ2v) is 9.80. The van der Waals surface area contributed by atoms with Gasteiger partial charge in [0.2, 0.25) is 0 Å². The lowest BCUT2D eigenvalue weighted by molar-refractivity contribution is -0.274. The first-order valence-corrected chi connectivity index (χ1v) is 12.9. The Kier molecular flexibility index (Phi) is 10.5. The highest BCUT2D eigenvalue weighted by Gasteiger charge is 2.37. The molecule has 1 aromatic rings. The minimum Gasteiger partial charge on any atom is -0.406 e. The Morgan fingerprint density at radius 2 is 1.54 bits per heavy atom. The first-order chi connectivity index (χ1) is 16.7. The van der Waals surface area contributed by atoms with Crippen molar-refractivity contribution in [1.29, 1.82) is 0 Å². The molecule has 198 valence electrons. The molecular formula is C25H40F3N5O2. The van der Waals surface area contributed by atoms with E-state index in [1.54, 1.807) is 0 Å². The number of nitrogens with zero attached hydrogens (tertiary/aromatic N) is 1. The van der Waals surface area contributed by atoms with E-state index in [1.807, 2.05) is 6.92 Å². The largest absolute Gasteiger partial charge is 0.573 e. The number of anilines is 1. The van der Waals surface area contributed by atoms with Crippen LogP contribution in [-0.2, 0) is 0 Å². The third-order valence-corrected chi connectivity index (χ3v) is 6.83. The first-order valence-electron chi connectivity index (χ1n) is 12.9. The van der Waals surface area contributed by atoms with Crippen LogP contribution in [0, 0.1) is 0 Å². The number of urea groups is 1. The van der Waals surface area contributed by atoms with E-state index in [9.17, 15) is 18.0 Å². The molecule has 2 amide bonds. The quantitative estimate of drug-likeness (QED) is 0.431. The van der Waals surface area contributed by atoms with E-state index in [4.69, 9.17) is 5.73 Å². The minimum atomic E-state index is -4.76. The number of halogens is 3. The zero-order valence-electron chi connectivity index (χ0n) is 20.6. The Morgan fingerprint density at radius 1 is 1.00 bits per heavy atom. The summed E-state index contributed by atoms with van der Waals surface area (Å²) in [6.45, 7) is 2.05. The molecule has 1 aliphatic carbocycles. The number of benzene rings is 1. The van der Waals surface area contributed by atoms with Crippen LogP contribution in [0.3, 0.4) is 0 Å². The first kappa shape index (κ1) is 27.5. The van der Waals surface area contributed by atoms with Crippen molar-refractivity contribution < 1.29 is 22.7 Å². The summed E-state index contributed by atoms with van der Waals surface area (Å²) >= 11 is 0. The molecule has 1 saturated carbocycles. The van der Waals surface area contributed by atoms with Crippen LogP contribution in [0.5, 0.6) is 5.75 Å². The van der Waals surface area contributed by atoms with Crippen LogP contribution in [0.15, 0.2) is 24.3 Å². The van der Waals surface area contributed by atoms with Gasteiger partial charge in [-0.25, -0.2) is 4.79 Å². The summed E-state index contributed by atoms with van der Waals surface area (Å²) < 4.78 is 41.0. The van der Waals surface area contributed by atoms with Gasteiger partial charge in [-0.2, -0.15) is 0 Å². The normalized spacial score (nSPS) is 26.3. The maximum absolute atomic E-state index is 12.8. The molecular weight excluding hydrogens is 459 g/mol. The van der Waals surface area contributed by atoms with Crippen LogP contribution in [0.4, 0.5) is 23.7 Å². The zero-order valence-corrected chi connectivity index (χ0v) is 20.6. The fraction of sp³-hybridized carbons (Fsp3) is 0.720. The van der Waals surface area contributed by atoms with E-state index in [0.717, 1.165) is 44.2 Å². The van der Waals surface area contributed by atoms with Gasteiger partial charge in [0.15, 0.2) is 0 Å². The number of nitrogens with one attached hydrogen (secondary N) is 3. The number of carbonyl (C=O) groups is 1. The van der Waals surface area contributed by atoms with Crippen molar-refractivity contribution in [3.63, 3.8) is 0 Å². The SMILES string of the molecule is CC1CC(N)N(C2CCCCCCCCCCC2)C(NC(=O)Nc2ccc(OC(F)(F)F)cc2)N1. The minimum absolute atomic E-state index is 0.136. The van der Waals surface area contributed by atoms with Crippen LogP contribution < -0.4 is 26.4 Å². The molecule has 3 unspecified atom stereocenters. The van der Waals surface area contributed by atoms with Crippen LogP contribution in [0.2, 0.25) is 0 Å². The standard InChI is InChI=1S/C25H40F3N5O2/c1-18-17-22(29)33(20-11-9-7-5-3-2-4-6-8-10-12-20)23(30-18)32-24(34)31-19-13-15-21(16-14-19)35-25(26,27)28/h13-16,18,20,22-23,30H,2-12,17,29H2,1H3,(H2,31,32,34). The van der Waals surface area contributed by atoms with Crippen molar-refractivity contribution in [2.45, 2.75) is 115 Å². The molecule has 0 bridgehead atoms. The smallest absolute Gasteiger partial charge is 0.406 e. The summed E-state index contributed by atoms with van der Waals surface area (Å²) in [6, 6.07) is 5.02. The molecule has 10 heteroatoms. The van der Waals surface area contributed by atoms with Crippen molar-refractivity contribution in [3.05, 3.63) is 24.3 Å². The van der Waals surface area contributed by atoms with Gasteiger partial charge in [-0.05, 0) is 50.5 Å². The fourth-order valence-corrected chi connectivity index (χ4v) is 5.17. The van der Waals surface area contributed by atoms with Crippen LogP contribution in [-0.4, -0.2) is 41.8 Å². The summed E-state index contributed by atoms with van der Waals surface area (Å²) in [4.78, 5) is 15.0. The third kappa shape index (κ3) is 9.50. The fourth-order valence-electron chi connectivity index (χ4n) is 5.17. The van der Waals surface area contributed by atoms with Crippen LogP contribution in [0.1, 0.15) is 84.0 Å². The number of rotatable bonds is 4. The van der Waals surface area contributed by atoms with E-state index < -0.39 is 18.7 Å². The van der Waals surface area contributed by atoms with E-state index in [2.05, 4.69) is 25.6 Å². The van der Waals surface area contributed by atoms with Crippen molar-refractivity contribution in [3.8, 4) is 5.75 Å². The summed E-state index contributed by atoms with van der Waals surface area (Å²) in [7, 11) is 0. The van der Waals surface area contributed by atoms with Crippen molar-refractivity contribution >= 4 is 11.7 Å². The second kappa shape index (κ2) is 13.3. The highest BCUT2D eigenvalue weighted by molar-refractivity contribution is 5.89. The van der Waals surface area contributed by atoms with Crippen LogP contribution in [0.25, 0.3) is 0 Å². The molecule has 1 saturated heterocycles. The molecule has 2 fully saturated rings. The summed E-state index contributed by atoms with van der Waals surface area (Å²) in [5.41, 5.74) is 6.97. The summed E-state index contributed by atoms with van der Waals surface area (Å²) in [6.07, 6.45) is 8.73. The lowest BCUT2D eigenvalue weighted by atomic mass is 9.95. The molecule has 35 heavy (non-hydrogen) atoms. The topological polar surface area (TPSA) is 91.7 Å². The summed E-state index contributed by atoms with van der Waals surface area (Å²) in [5.74, 6) is -0.342. The van der Waals surface area contributed by atoms with E-state index in [0.29, 0.717) is 5.69 Å². The van der Waals surface area contributed by atoms with E-state index in [1.165, 1.54) is 57.1 Å². The predicted molar refractivity (Wildman–Crippen MR) is 131 cm³/mol. The number of hydrogen-bond donors (Lipinski definition) is 4. The van der Waals surface area contributed by atoms with Gasteiger partial charge in [-0.15, -0.1) is 13.2 Å². The van der Waals surface area contributed by atoms with Crippen molar-refractivity contribution in [2.24, 2.45) is 5.73 Å². The molecule has 3 rings (SSSR count). The second-order valence-electron chi connectivity index (χ2n) is 9.80. The van der Waals surface area contributed by atoms with E-state index in [-0.39, 0.29) is 24.0 Å². The Labute approximate surface area is 206 Å². The molecule has 1 heterocycles. The number of carbonyl (C=O) groups excluding carboxylic acids is 1. The highest BCUT2D eigenvalue weighted by Crippen LogP contribution is 2.26. The van der Waals surface area contributed by atoms with Gasteiger partial charge >= 0.3 is 12.4 Å². The Hall–Kier alpha value is -2.04. The van der Waals surface area contributed by atoms with Gasteiger partial charge in [0.25, 0.3) is 0 Å². The predicted octanol–water partition coefficient (Wildman–Crippen LogP) is 5.63. The maximum atomic E-state index is 12.8. The van der Waals surface area contributed by atoms with Gasteiger partial charge in [-0.3, -0.25) is 10.2 Å². The molecule has 3 atom stereocenters. The average Bonchev–Trinajstić information content (AvgIpc) is 2.75. The molecule has 0 spiro atoms. The lowest BCUT2D eigenvalue weighted by Crippen LogP contribution is -2.70. The Balaban J connectivity index is 1.63. The maximum Gasteiger partial charge on any atom is 0.573 e. The van der Waals surface area contributed by atoms with Gasteiger partial charge in [0, 0.05) is 17.8 Å². The van der Waals surface area contributed by atoms with Gasteiger partial charge in [-0.1, -0.05) is 57.8 Å². The number of alkyl halides is 3. The molecule has 5 N–H and O–H groups in total. The van der Waals surface area contributed by atoms with Crippen molar-refractivity contribution in [2.75, 3.05) is 5.32 Å². The van der Waals surface area contributed by atoms with E-state index >= 15 is 0 Å². The number of nitrogens with two attached hydrogens (primary N) is 1. The van der Waals surface area contributed by atoms with Gasteiger partial charge < -0.3 is 21.1 Å². The average molecular weight is 500 g/mol.